The molecule has 3 aromatic carbocycles. The average Bonchev–Trinajstić information content (AvgIpc) is 3.43. The van der Waals surface area contributed by atoms with E-state index in [4.69, 9.17) is 25.9 Å². The van der Waals surface area contributed by atoms with Crippen LogP contribution >= 0.6 is 11.6 Å². The monoisotopic (exact) mass is 726 g/mol. The van der Waals surface area contributed by atoms with E-state index in [2.05, 4.69) is 15.2 Å². The number of anilines is 2. The molecule has 0 fully saturated rings. The van der Waals surface area contributed by atoms with Crippen LogP contribution in [0.5, 0.6) is 17.2 Å². The van der Waals surface area contributed by atoms with Gasteiger partial charge >= 0.3 is 6.36 Å². The van der Waals surface area contributed by atoms with Crippen LogP contribution in [0.3, 0.4) is 0 Å². The van der Waals surface area contributed by atoms with E-state index in [9.17, 15) is 31.2 Å². The standard InChI is InChI=1S/C32H34ClF3N4O8S/c1-18(38-48-31(2,3)30(42)39-49(6,43)44)20-13-22(16-24(14-20)45-4)37-28(25-10-8-21(33)15-27(25)46-5)29(41)40-12-11-19-7-9-23(17-26(19)40)47-32(34,35)36/h7-10,13-17,28,37H,11-12H2,1-6H3,(H,39,42). The maximum atomic E-state index is 14.4. The molecule has 1 aliphatic rings. The summed E-state index contributed by atoms with van der Waals surface area (Å²) in [6.45, 7) is 4.45. The molecule has 1 unspecified atom stereocenters. The minimum absolute atomic E-state index is 0.187. The number of amides is 2. The number of carbonyl (C=O) groups is 2. The molecule has 264 valence electrons. The summed E-state index contributed by atoms with van der Waals surface area (Å²) in [5.74, 6) is -1.29. The Morgan fingerprint density at radius 2 is 1.71 bits per heavy atom. The molecular formula is C32H34ClF3N4O8S. The van der Waals surface area contributed by atoms with Crippen molar-refractivity contribution in [2.75, 3.05) is 37.2 Å². The molecule has 49 heavy (non-hydrogen) atoms. The lowest BCUT2D eigenvalue weighted by Gasteiger charge is -2.27. The number of rotatable bonds is 12. The van der Waals surface area contributed by atoms with Crippen LogP contribution in [0, 0.1) is 0 Å². The van der Waals surface area contributed by atoms with Crippen molar-refractivity contribution in [1.82, 2.24) is 4.72 Å². The second-order valence-electron chi connectivity index (χ2n) is 11.5. The van der Waals surface area contributed by atoms with E-state index in [-0.39, 0.29) is 23.7 Å². The van der Waals surface area contributed by atoms with E-state index in [0.717, 1.165) is 6.26 Å². The third kappa shape index (κ3) is 9.47. The predicted octanol–water partition coefficient (Wildman–Crippen LogP) is 5.59. The Hall–Kier alpha value is -4.70. The number of hydrogen-bond acceptors (Lipinski definition) is 10. The van der Waals surface area contributed by atoms with Crippen LogP contribution in [0.1, 0.15) is 43.5 Å². The SMILES string of the molecule is COc1cc(NC(C(=O)N2CCc3ccc(OC(F)(F)F)cc32)c2ccc(Cl)cc2OC)cc(C(C)=NOC(C)(C)C(=O)NS(C)(=O)=O)c1. The fourth-order valence-electron chi connectivity index (χ4n) is 4.88. The average molecular weight is 727 g/mol. The highest BCUT2D eigenvalue weighted by atomic mass is 35.5. The summed E-state index contributed by atoms with van der Waals surface area (Å²) in [6.07, 6.45) is -3.69. The Bertz CT molecular complexity index is 1890. The molecule has 3 aromatic rings. The lowest BCUT2D eigenvalue weighted by atomic mass is 10.0. The van der Waals surface area contributed by atoms with Crippen molar-refractivity contribution in [2.24, 2.45) is 5.16 Å². The first-order valence-electron chi connectivity index (χ1n) is 14.5. The topological polar surface area (TPSA) is 145 Å². The number of halogens is 4. The molecule has 17 heteroatoms. The Kier molecular flexibility index (Phi) is 10.9. The molecule has 1 aliphatic heterocycles. The largest absolute Gasteiger partial charge is 0.573 e. The number of nitrogens with zero attached hydrogens (tertiary/aromatic N) is 2. The number of hydrogen-bond donors (Lipinski definition) is 2. The van der Waals surface area contributed by atoms with Crippen molar-refractivity contribution in [3.8, 4) is 17.2 Å². The lowest BCUT2D eigenvalue weighted by Crippen LogP contribution is -2.45. The number of benzene rings is 3. The number of nitrogens with one attached hydrogen (secondary N) is 2. The zero-order valence-corrected chi connectivity index (χ0v) is 28.8. The second-order valence-corrected chi connectivity index (χ2v) is 13.7. The molecule has 0 bridgehead atoms. The first-order valence-corrected chi connectivity index (χ1v) is 16.8. The van der Waals surface area contributed by atoms with Gasteiger partial charge in [0.15, 0.2) is 0 Å². The first-order chi connectivity index (χ1) is 22.8. The lowest BCUT2D eigenvalue weighted by molar-refractivity contribution is -0.274. The van der Waals surface area contributed by atoms with Gasteiger partial charge in [-0.05, 0) is 63.1 Å². The van der Waals surface area contributed by atoms with Gasteiger partial charge in [0.1, 0.15) is 23.3 Å². The van der Waals surface area contributed by atoms with Gasteiger partial charge in [0.25, 0.3) is 11.8 Å². The molecule has 0 aliphatic carbocycles. The van der Waals surface area contributed by atoms with Crippen molar-refractivity contribution < 1.29 is 50.2 Å². The fraction of sp³-hybridized carbons (Fsp3) is 0.344. The van der Waals surface area contributed by atoms with Gasteiger partial charge in [0, 0.05) is 40.5 Å². The molecule has 0 aromatic heterocycles. The van der Waals surface area contributed by atoms with Crippen LogP contribution in [0.25, 0.3) is 0 Å². The van der Waals surface area contributed by atoms with Gasteiger partial charge in [0.2, 0.25) is 15.6 Å². The van der Waals surface area contributed by atoms with Gasteiger partial charge in [-0.2, -0.15) is 0 Å². The summed E-state index contributed by atoms with van der Waals surface area (Å²) in [5.41, 5.74) is 0.709. The summed E-state index contributed by atoms with van der Waals surface area (Å²) < 4.78 is 79.1. The van der Waals surface area contributed by atoms with Crippen LogP contribution < -0.4 is 29.1 Å². The molecule has 0 saturated carbocycles. The minimum Gasteiger partial charge on any atom is -0.497 e. The van der Waals surface area contributed by atoms with Crippen LogP contribution in [-0.2, 0) is 30.9 Å². The number of carbonyl (C=O) groups excluding carboxylic acids is 2. The van der Waals surface area contributed by atoms with E-state index >= 15 is 0 Å². The molecule has 0 spiro atoms. The Morgan fingerprint density at radius 3 is 2.35 bits per heavy atom. The zero-order chi connectivity index (χ0) is 36.3. The summed E-state index contributed by atoms with van der Waals surface area (Å²) in [5, 5.41) is 7.59. The van der Waals surface area contributed by atoms with Crippen molar-refractivity contribution in [3.63, 3.8) is 0 Å². The van der Waals surface area contributed by atoms with Crippen molar-refractivity contribution in [2.45, 2.75) is 45.2 Å². The number of sulfonamides is 1. The maximum absolute atomic E-state index is 14.4. The zero-order valence-electron chi connectivity index (χ0n) is 27.3. The second kappa shape index (κ2) is 14.4. The van der Waals surface area contributed by atoms with E-state index in [0.29, 0.717) is 39.6 Å². The number of oxime groups is 1. The summed E-state index contributed by atoms with van der Waals surface area (Å²) in [6, 6.07) is 12.3. The molecule has 4 rings (SSSR count). The first kappa shape index (κ1) is 37.1. The highest BCUT2D eigenvalue weighted by molar-refractivity contribution is 7.89. The predicted molar refractivity (Wildman–Crippen MR) is 177 cm³/mol. The number of methoxy groups -OCH3 is 2. The fourth-order valence-corrected chi connectivity index (χ4v) is 5.63. The van der Waals surface area contributed by atoms with Gasteiger partial charge in [-0.1, -0.05) is 28.9 Å². The molecular weight excluding hydrogens is 693 g/mol. The van der Waals surface area contributed by atoms with Gasteiger partial charge in [0.05, 0.1) is 31.9 Å². The van der Waals surface area contributed by atoms with Crippen LogP contribution in [-0.4, -0.2) is 64.9 Å². The van der Waals surface area contributed by atoms with Gasteiger partial charge in [-0.25, -0.2) is 13.1 Å². The van der Waals surface area contributed by atoms with Crippen LogP contribution in [0.15, 0.2) is 59.8 Å². The van der Waals surface area contributed by atoms with Gasteiger partial charge in [-0.15, -0.1) is 13.2 Å². The van der Waals surface area contributed by atoms with Gasteiger partial charge < -0.3 is 29.3 Å². The molecule has 1 heterocycles. The Morgan fingerprint density at radius 1 is 1.00 bits per heavy atom. The summed E-state index contributed by atoms with van der Waals surface area (Å²) in [4.78, 5) is 33.6. The van der Waals surface area contributed by atoms with E-state index < -0.39 is 45.6 Å². The number of ether oxygens (including phenoxy) is 3. The Labute approximate surface area is 286 Å². The van der Waals surface area contributed by atoms with Crippen molar-refractivity contribution in [3.05, 3.63) is 76.3 Å². The highest BCUT2D eigenvalue weighted by Gasteiger charge is 2.36. The molecule has 0 radical (unpaired) electrons. The molecule has 1 atom stereocenters. The third-order valence-corrected chi connectivity index (χ3v) is 8.10. The number of fused-ring (bicyclic) bond motifs is 1. The minimum atomic E-state index is -4.92. The smallest absolute Gasteiger partial charge is 0.497 e. The van der Waals surface area contributed by atoms with Crippen molar-refractivity contribution >= 4 is 50.5 Å². The highest BCUT2D eigenvalue weighted by Crippen LogP contribution is 2.38. The van der Waals surface area contributed by atoms with E-state index in [1.54, 1.807) is 37.3 Å². The normalized spacial score (nSPS) is 14.1. The number of alkyl halides is 3. The van der Waals surface area contributed by atoms with E-state index in [1.165, 1.54) is 57.2 Å². The third-order valence-electron chi connectivity index (χ3n) is 7.31. The van der Waals surface area contributed by atoms with Crippen LogP contribution in [0.2, 0.25) is 5.02 Å². The molecule has 0 saturated heterocycles. The molecule has 12 nitrogen and oxygen atoms in total. The van der Waals surface area contributed by atoms with Crippen LogP contribution in [0.4, 0.5) is 24.5 Å². The summed E-state index contributed by atoms with van der Waals surface area (Å²) >= 11 is 6.21. The van der Waals surface area contributed by atoms with E-state index in [1.807, 2.05) is 4.72 Å². The molecule has 2 amide bonds. The van der Waals surface area contributed by atoms with Gasteiger partial charge in [-0.3, -0.25) is 9.59 Å². The quantitative estimate of drug-likeness (QED) is 0.180. The Balaban J connectivity index is 1.72. The van der Waals surface area contributed by atoms with Crippen molar-refractivity contribution in [1.29, 1.82) is 0 Å². The summed E-state index contributed by atoms with van der Waals surface area (Å²) in [7, 11) is -1.01. The molecule has 2 N–H and O–H groups in total. The maximum Gasteiger partial charge on any atom is 0.573 e.